The van der Waals surface area contributed by atoms with Gasteiger partial charge in [-0.1, -0.05) is 25.6 Å². The molecule has 0 spiro atoms. The first-order chi connectivity index (χ1) is 15.4. The Kier molecular flexibility index (Phi) is 6.39. The Morgan fingerprint density at radius 1 is 1.38 bits per heavy atom. The molecular formula is C25H32N4O3. The van der Waals surface area contributed by atoms with Crippen LogP contribution in [0.25, 0.3) is 11.8 Å². The topological polar surface area (TPSA) is 118 Å². The fourth-order valence-electron chi connectivity index (χ4n) is 5.03. The summed E-state index contributed by atoms with van der Waals surface area (Å²) < 4.78 is 0. The number of nitrogens with two attached hydrogens (primary N) is 2. The highest BCUT2D eigenvalue weighted by atomic mass is 16.7. The summed E-state index contributed by atoms with van der Waals surface area (Å²) in [6.07, 6.45) is 7.16. The highest BCUT2D eigenvalue weighted by molar-refractivity contribution is 5.89. The van der Waals surface area contributed by atoms with Crippen LogP contribution in [0.4, 0.5) is 5.82 Å². The van der Waals surface area contributed by atoms with Crippen molar-refractivity contribution in [2.24, 2.45) is 5.73 Å². The van der Waals surface area contributed by atoms with E-state index < -0.39 is 0 Å². The van der Waals surface area contributed by atoms with E-state index in [1.54, 1.807) is 18.2 Å². The van der Waals surface area contributed by atoms with Gasteiger partial charge in [0, 0.05) is 40.9 Å². The number of benzene rings is 1. The number of nitrogen functional groups attached to an aromatic ring is 1. The lowest BCUT2D eigenvalue weighted by Gasteiger charge is -2.50. The summed E-state index contributed by atoms with van der Waals surface area (Å²) >= 11 is 0. The average Bonchev–Trinajstić information content (AvgIpc) is 3.08. The van der Waals surface area contributed by atoms with E-state index in [0.717, 1.165) is 42.5 Å². The minimum atomic E-state index is 0.0645. The first kappa shape index (κ1) is 22.2. The second-order valence-electron chi connectivity index (χ2n) is 8.66. The third kappa shape index (κ3) is 4.18. The van der Waals surface area contributed by atoms with Gasteiger partial charge in [-0.2, -0.15) is 5.06 Å². The Hall–Kier alpha value is -3.03. The molecule has 2 saturated heterocycles. The summed E-state index contributed by atoms with van der Waals surface area (Å²) in [4.78, 5) is 20.9. The number of para-hydroxylation sites is 1. The van der Waals surface area contributed by atoms with Crippen LogP contribution in [0.1, 0.15) is 60.9 Å². The van der Waals surface area contributed by atoms with Crippen molar-refractivity contribution in [1.29, 1.82) is 0 Å². The number of nitrogens with zero attached hydrogens (tertiary/aromatic N) is 1. The number of carbonyl (C=O) groups excluding carboxylic acids is 1. The fourth-order valence-corrected chi connectivity index (χ4v) is 5.03. The van der Waals surface area contributed by atoms with Crippen molar-refractivity contribution in [3.8, 4) is 5.75 Å². The molecule has 0 aliphatic carbocycles. The lowest BCUT2D eigenvalue weighted by atomic mass is 9.81. The van der Waals surface area contributed by atoms with Gasteiger partial charge in [0.05, 0.1) is 12.6 Å². The number of fused-ring (bicyclic) bond motifs is 1. The Balaban J connectivity index is 1.61. The minimum absolute atomic E-state index is 0.0645. The number of nitrogens with one attached hydrogen (secondary N) is 1. The van der Waals surface area contributed by atoms with E-state index in [9.17, 15) is 9.90 Å². The number of hydrogen-bond acceptors (Lipinski definition) is 6. The van der Waals surface area contributed by atoms with Gasteiger partial charge in [-0.15, -0.1) is 0 Å². The number of piperidine rings is 1. The standard InChI is InChI=1S/C25H32N4O3/c1-3-18(30)10-9-16-11-15(12-17-14-32-29(16)17)24-19(4-2)21(25(27)28-24)13-22(26)20-7-5-6-8-23(20)31/h3,5-8,13,15-17,28,31H,1,4,9-12,14,26-27H2,2H3/b22-13-. The van der Waals surface area contributed by atoms with E-state index in [0.29, 0.717) is 42.1 Å². The summed E-state index contributed by atoms with van der Waals surface area (Å²) in [6, 6.07) is 7.57. The molecular weight excluding hydrogens is 404 g/mol. The van der Waals surface area contributed by atoms with E-state index in [2.05, 4.69) is 23.5 Å². The fraction of sp³-hybridized carbons (Fsp3) is 0.400. The van der Waals surface area contributed by atoms with Crippen LogP contribution in [0.5, 0.6) is 5.75 Å². The molecule has 0 bridgehead atoms. The van der Waals surface area contributed by atoms with Gasteiger partial charge in [-0.25, -0.2) is 0 Å². The predicted molar refractivity (Wildman–Crippen MR) is 127 cm³/mol. The molecule has 3 unspecified atom stereocenters. The van der Waals surface area contributed by atoms with Crippen LogP contribution in [0.15, 0.2) is 36.9 Å². The van der Waals surface area contributed by atoms with Crippen LogP contribution in [0.3, 0.4) is 0 Å². The van der Waals surface area contributed by atoms with Crippen LogP contribution in [-0.4, -0.2) is 39.6 Å². The molecule has 3 atom stereocenters. The Morgan fingerprint density at radius 2 is 2.16 bits per heavy atom. The summed E-state index contributed by atoms with van der Waals surface area (Å²) in [5.41, 5.74) is 17.0. The maximum Gasteiger partial charge on any atom is 0.155 e. The number of anilines is 1. The number of ketones is 1. The molecule has 7 heteroatoms. The van der Waals surface area contributed by atoms with Crippen molar-refractivity contribution >= 4 is 23.4 Å². The second kappa shape index (κ2) is 9.22. The number of phenolic OH excluding ortho intramolecular Hbond substituents is 1. The average molecular weight is 437 g/mol. The first-order valence-electron chi connectivity index (χ1n) is 11.2. The number of hydroxylamine groups is 2. The third-order valence-corrected chi connectivity index (χ3v) is 6.69. The highest BCUT2D eigenvalue weighted by Crippen LogP contribution is 2.43. The quantitative estimate of drug-likeness (QED) is 0.469. The molecule has 7 nitrogen and oxygen atoms in total. The normalized spacial score (nSPS) is 23.4. The number of rotatable bonds is 8. The van der Waals surface area contributed by atoms with Crippen LogP contribution in [-0.2, 0) is 16.1 Å². The van der Waals surface area contributed by atoms with Gasteiger partial charge in [-0.3, -0.25) is 9.63 Å². The van der Waals surface area contributed by atoms with Crippen molar-refractivity contribution in [3.63, 3.8) is 0 Å². The first-order valence-corrected chi connectivity index (χ1v) is 11.2. The van der Waals surface area contributed by atoms with Crippen molar-refractivity contribution in [2.45, 2.75) is 57.0 Å². The number of carbonyl (C=O) groups is 1. The van der Waals surface area contributed by atoms with Gasteiger partial charge in [0.25, 0.3) is 0 Å². The summed E-state index contributed by atoms with van der Waals surface area (Å²) in [7, 11) is 0. The molecule has 0 radical (unpaired) electrons. The number of aromatic amines is 1. The molecule has 2 aliphatic rings. The van der Waals surface area contributed by atoms with E-state index >= 15 is 0 Å². The van der Waals surface area contributed by atoms with E-state index in [1.165, 1.54) is 6.08 Å². The van der Waals surface area contributed by atoms with Gasteiger partial charge in [0.2, 0.25) is 0 Å². The van der Waals surface area contributed by atoms with E-state index in [4.69, 9.17) is 16.3 Å². The number of aromatic hydroxyl groups is 1. The Bertz CT molecular complexity index is 1040. The lowest BCUT2D eigenvalue weighted by Crippen LogP contribution is -2.59. The van der Waals surface area contributed by atoms with Crippen LogP contribution >= 0.6 is 0 Å². The van der Waals surface area contributed by atoms with Gasteiger partial charge < -0.3 is 21.6 Å². The zero-order chi connectivity index (χ0) is 22.8. The predicted octanol–water partition coefficient (Wildman–Crippen LogP) is 3.72. The largest absolute Gasteiger partial charge is 0.507 e. The Morgan fingerprint density at radius 3 is 2.81 bits per heavy atom. The van der Waals surface area contributed by atoms with Crippen molar-refractivity contribution < 1.29 is 14.7 Å². The lowest BCUT2D eigenvalue weighted by molar-refractivity contribution is -0.325. The van der Waals surface area contributed by atoms with Crippen molar-refractivity contribution in [2.75, 3.05) is 12.3 Å². The molecule has 0 amide bonds. The maximum absolute atomic E-state index is 11.8. The number of allylic oxidation sites excluding steroid dienone is 1. The molecule has 2 aliphatic heterocycles. The molecule has 170 valence electrons. The molecule has 3 heterocycles. The molecule has 2 aromatic rings. The van der Waals surface area contributed by atoms with Gasteiger partial charge in [-0.05, 0) is 55.5 Å². The Labute approximate surface area is 188 Å². The molecule has 1 aromatic carbocycles. The number of hydrogen-bond donors (Lipinski definition) is 4. The number of phenols is 1. The molecule has 0 saturated carbocycles. The number of H-pyrrole nitrogens is 1. The minimum Gasteiger partial charge on any atom is -0.507 e. The van der Waals surface area contributed by atoms with Gasteiger partial charge in [0.1, 0.15) is 11.6 Å². The molecule has 4 rings (SSSR count). The smallest absolute Gasteiger partial charge is 0.155 e. The second-order valence-corrected chi connectivity index (χ2v) is 8.66. The third-order valence-electron chi connectivity index (χ3n) is 6.69. The number of aromatic nitrogens is 1. The van der Waals surface area contributed by atoms with E-state index in [-0.39, 0.29) is 17.6 Å². The van der Waals surface area contributed by atoms with Crippen LogP contribution in [0, 0.1) is 0 Å². The summed E-state index contributed by atoms with van der Waals surface area (Å²) in [5.74, 6) is 1.09. The zero-order valence-corrected chi connectivity index (χ0v) is 18.5. The van der Waals surface area contributed by atoms with E-state index in [1.807, 2.05) is 12.1 Å². The maximum atomic E-state index is 11.8. The van der Waals surface area contributed by atoms with Crippen molar-refractivity contribution in [1.82, 2.24) is 10.0 Å². The van der Waals surface area contributed by atoms with Crippen LogP contribution < -0.4 is 11.5 Å². The van der Waals surface area contributed by atoms with Gasteiger partial charge >= 0.3 is 0 Å². The molecule has 2 fully saturated rings. The molecule has 1 aromatic heterocycles. The van der Waals surface area contributed by atoms with Crippen LogP contribution in [0.2, 0.25) is 0 Å². The summed E-state index contributed by atoms with van der Waals surface area (Å²) in [6.45, 7) is 6.40. The summed E-state index contributed by atoms with van der Waals surface area (Å²) in [5, 5.41) is 12.2. The molecule has 32 heavy (non-hydrogen) atoms. The monoisotopic (exact) mass is 436 g/mol. The highest BCUT2D eigenvalue weighted by Gasteiger charge is 2.43. The SMILES string of the molecule is C=CC(=O)CCC1CC(c2[nH]c(N)c(/C=C(\N)c3ccccc3O)c2CC)CC2CON12. The molecule has 6 N–H and O–H groups in total. The van der Waals surface area contributed by atoms with Crippen molar-refractivity contribution in [3.05, 3.63) is 59.3 Å². The zero-order valence-electron chi connectivity index (χ0n) is 18.5. The van der Waals surface area contributed by atoms with Gasteiger partial charge in [0.15, 0.2) is 5.78 Å².